The summed E-state index contributed by atoms with van der Waals surface area (Å²) in [6, 6.07) is 9.34. The SMILES string of the molecule is CCN(CCCN(C)C)C1CCc2ccccc2C1N. The van der Waals surface area contributed by atoms with Gasteiger partial charge in [0.25, 0.3) is 0 Å². The minimum absolute atomic E-state index is 0.166. The Morgan fingerprint density at radius 2 is 1.95 bits per heavy atom. The van der Waals surface area contributed by atoms with Crippen LogP contribution in [0.3, 0.4) is 0 Å². The summed E-state index contributed by atoms with van der Waals surface area (Å²) in [5.41, 5.74) is 9.35. The Labute approximate surface area is 123 Å². The molecule has 20 heavy (non-hydrogen) atoms. The van der Waals surface area contributed by atoms with Crippen molar-refractivity contribution in [1.29, 1.82) is 0 Å². The van der Waals surface area contributed by atoms with E-state index in [0.717, 1.165) is 19.6 Å². The van der Waals surface area contributed by atoms with Gasteiger partial charge in [0.05, 0.1) is 0 Å². The molecule has 1 aromatic rings. The molecule has 0 aromatic heterocycles. The third-order valence-corrected chi connectivity index (χ3v) is 4.46. The van der Waals surface area contributed by atoms with Gasteiger partial charge < -0.3 is 10.6 Å². The quantitative estimate of drug-likeness (QED) is 0.864. The number of hydrogen-bond acceptors (Lipinski definition) is 3. The normalized spacial score (nSPS) is 22.3. The van der Waals surface area contributed by atoms with Gasteiger partial charge in [-0.1, -0.05) is 31.2 Å². The molecule has 0 radical (unpaired) electrons. The van der Waals surface area contributed by atoms with Gasteiger partial charge in [0.2, 0.25) is 0 Å². The maximum Gasteiger partial charge on any atom is 0.0455 e. The number of benzene rings is 1. The first kappa shape index (κ1) is 15.5. The van der Waals surface area contributed by atoms with Crippen molar-refractivity contribution in [2.24, 2.45) is 5.73 Å². The number of likely N-dealkylation sites (N-methyl/N-ethyl adjacent to an activating group) is 1. The third kappa shape index (κ3) is 3.60. The van der Waals surface area contributed by atoms with E-state index in [1.165, 1.54) is 30.4 Å². The van der Waals surface area contributed by atoms with Crippen LogP contribution in [-0.2, 0) is 6.42 Å². The number of aryl methyl sites for hydroxylation is 1. The summed E-state index contributed by atoms with van der Waals surface area (Å²) in [7, 11) is 4.28. The zero-order valence-corrected chi connectivity index (χ0v) is 13.2. The molecule has 0 saturated heterocycles. The van der Waals surface area contributed by atoms with E-state index in [1.54, 1.807) is 0 Å². The standard InChI is InChI=1S/C17H29N3/c1-4-20(13-7-12-19(2)3)16-11-10-14-8-5-6-9-15(14)17(16)18/h5-6,8-9,16-17H,4,7,10-13,18H2,1-3H3. The molecular weight excluding hydrogens is 246 g/mol. The summed E-state index contributed by atoms with van der Waals surface area (Å²) in [6.45, 7) is 5.64. The molecule has 0 heterocycles. The summed E-state index contributed by atoms with van der Waals surface area (Å²) >= 11 is 0. The van der Waals surface area contributed by atoms with Gasteiger partial charge in [0, 0.05) is 12.1 Å². The molecular formula is C17H29N3. The van der Waals surface area contributed by atoms with Crippen LogP contribution < -0.4 is 5.73 Å². The highest BCUT2D eigenvalue weighted by molar-refractivity contribution is 5.33. The highest BCUT2D eigenvalue weighted by Gasteiger charge is 2.29. The average molecular weight is 275 g/mol. The molecule has 2 unspecified atom stereocenters. The first-order valence-electron chi connectivity index (χ1n) is 7.85. The van der Waals surface area contributed by atoms with Gasteiger partial charge in [-0.15, -0.1) is 0 Å². The molecule has 0 fully saturated rings. The Morgan fingerprint density at radius 3 is 2.65 bits per heavy atom. The van der Waals surface area contributed by atoms with Crippen LogP contribution in [0, 0.1) is 0 Å². The molecule has 0 spiro atoms. The first-order valence-corrected chi connectivity index (χ1v) is 7.85. The molecule has 1 aliphatic carbocycles. The topological polar surface area (TPSA) is 32.5 Å². The number of rotatable bonds is 6. The van der Waals surface area contributed by atoms with E-state index in [4.69, 9.17) is 5.73 Å². The fourth-order valence-electron chi connectivity index (χ4n) is 3.34. The van der Waals surface area contributed by atoms with Crippen LogP contribution >= 0.6 is 0 Å². The van der Waals surface area contributed by atoms with Crippen LogP contribution in [-0.4, -0.2) is 49.6 Å². The van der Waals surface area contributed by atoms with E-state index in [1.807, 2.05) is 0 Å². The zero-order chi connectivity index (χ0) is 14.5. The van der Waals surface area contributed by atoms with Crippen LogP contribution in [0.2, 0.25) is 0 Å². The third-order valence-electron chi connectivity index (χ3n) is 4.46. The van der Waals surface area contributed by atoms with Gasteiger partial charge in [-0.25, -0.2) is 0 Å². The van der Waals surface area contributed by atoms with Gasteiger partial charge in [-0.3, -0.25) is 4.90 Å². The van der Waals surface area contributed by atoms with Crippen molar-refractivity contribution >= 4 is 0 Å². The second-order valence-corrected chi connectivity index (χ2v) is 6.12. The fraction of sp³-hybridized carbons (Fsp3) is 0.647. The molecule has 0 bridgehead atoms. The van der Waals surface area contributed by atoms with Gasteiger partial charge in [-0.2, -0.15) is 0 Å². The Bertz CT molecular complexity index is 416. The van der Waals surface area contributed by atoms with Crippen LogP contribution in [0.15, 0.2) is 24.3 Å². The maximum atomic E-state index is 6.55. The molecule has 0 amide bonds. The number of nitrogens with two attached hydrogens (primary N) is 1. The largest absolute Gasteiger partial charge is 0.323 e. The highest BCUT2D eigenvalue weighted by Crippen LogP contribution is 2.31. The van der Waals surface area contributed by atoms with Gasteiger partial charge >= 0.3 is 0 Å². The lowest BCUT2D eigenvalue weighted by Crippen LogP contribution is -2.46. The van der Waals surface area contributed by atoms with Crippen LogP contribution in [0.25, 0.3) is 0 Å². The Kier molecular flexibility index (Phi) is 5.58. The molecule has 0 saturated carbocycles. The lowest BCUT2D eigenvalue weighted by Gasteiger charge is -2.39. The Balaban J connectivity index is 2.01. The van der Waals surface area contributed by atoms with Crippen molar-refractivity contribution in [2.45, 2.75) is 38.3 Å². The van der Waals surface area contributed by atoms with Crippen molar-refractivity contribution in [1.82, 2.24) is 9.80 Å². The summed E-state index contributed by atoms with van der Waals surface area (Å²) in [5.74, 6) is 0. The van der Waals surface area contributed by atoms with Crippen molar-refractivity contribution in [3.05, 3.63) is 35.4 Å². The van der Waals surface area contributed by atoms with Crippen LogP contribution in [0.5, 0.6) is 0 Å². The lowest BCUT2D eigenvalue weighted by atomic mass is 9.83. The summed E-state index contributed by atoms with van der Waals surface area (Å²) in [5, 5.41) is 0. The van der Waals surface area contributed by atoms with E-state index in [0.29, 0.717) is 6.04 Å². The van der Waals surface area contributed by atoms with Crippen molar-refractivity contribution in [3.8, 4) is 0 Å². The molecule has 1 aromatic carbocycles. The summed E-state index contributed by atoms with van der Waals surface area (Å²) in [4.78, 5) is 4.83. The first-order chi connectivity index (χ1) is 9.63. The molecule has 112 valence electrons. The Hall–Kier alpha value is -0.900. The fourth-order valence-corrected chi connectivity index (χ4v) is 3.34. The number of fused-ring (bicyclic) bond motifs is 1. The van der Waals surface area contributed by atoms with Gasteiger partial charge in [0.1, 0.15) is 0 Å². The molecule has 3 heteroatoms. The summed E-state index contributed by atoms with van der Waals surface area (Å²) in [6.07, 6.45) is 3.57. The smallest absolute Gasteiger partial charge is 0.0455 e. The van der Waals surface area contributed by atoms with E-state index in [2.05, 4.69) is 55.1 Å². The molecule has 2 rings (SSSR count). The molecule has 1 aliphatic rings. The van der Waals surface area contributed by atoms with Crippen molar-refractivity contribution < 1.29 is 0 Å². The Morgan fingerprint density at radius 1 is 1.20 bits per heavy atom. The van der Waals surface area contributed by atoms with E-state index in [-0.39, 0.29) is 6.04 Å². The van der Waals surface area contributed by atoms with Crippen LogP contribution in [0.1, 0.15) is 36.9 Å². The number of nitrogens with zero attached hydrogens (tertiary/aromatic N) is 2. The van der Waals surface area contributed by atoms with Gasteiger partial charge in [-0.05, 0) is 64.1 Å². The van der Waals surface area contributed by atoms with E-state index >= 15 is 0 Å². The summed E-state index contributed by atoms with van der Waals surface area (Å²) < 4.78 is 0. The number of hydrogen-bond donors (Lipinski definition) is 1. The van der Waals surface area contributed by atoms with Crippen molar-refractivity contribution in [2.75, 3.05) is 33.7 Å². The zero-order valence-electron chi connectivity index (χ0n) is 13.2. The molecule has 2 N–H and O–H groups in total. The lowest BCUT2D eigenvalue weighted by molar-refractivity contribution is 0.156. The molecule has 0 aliphatic heterocycles. The minimum Gasteiger partial charge on any atom is -0.323 e. The predicted molar refractivity (Wildman–Crippen MR) is 85.9 cm³/mol. The highest BCUT2D eigenvalue weighted by atomic mass is 15.2. The molecule has 3 nitrogen and oxygen atoms in total. The maximum absolute atomic E-state index is 6.55. The monoisotopic (exact) mass is 275 g/mol. The minimum atomic E-state index is 0.166. The van der Waals surface area contributed by atoms with E-state index < -0.39 is 0 Å². The van der Waals surface area contributed by atoms with Crippen LogP contribution in [0.4, 0.5) is 0 Å². The average Bonchev–Trinajstić information content (AvgIpc) is 2.45. The predicted octanol–water partition coefficient (Wildman–Crippen LogP) is 2.27. The van der Waals surface area contributed by atoms with E-state index in [9.17, 15) is 0 Å². The molecule has 2 atom stereocenters. The van der Waals surface area contributed by atoms with Crippen molar-refractivity contribution in [3.63, 3.8) is 0 Å². The van der Waals surface area contributed by atoms with Gasteiger partial charge in [0.15, 0.2) is 0 Å². The second-order valence-electron chi connectivity index (χ2n) is 6.12. The second kappa shape index (κ2) is 7.21.